The Labute approximate surface area is 138 Å². The van der Waals surface area contributed by atoms with Gasteiger partial charge in [0.1, 0.15) is 5.54 Å². The van der Waals surface area contributed by atoms with Crippen molar-refractivity contribution in [2.24, 2.45) is 0 Å². The molecule has 0 aliphatic heterocycles. The van der Waals surface area contributed by atoms with Crippen molar-refractivity contribution >= 4 is 0 Å². The van der Waals surface area contributed by atoms with E-state index in [1.54, 1.807) is 5.56 Å². The van der Waals surface area contributed by atoms with Crippen LogP contribution in [-0.4, -0.2) is 5.54 Å². The first-order valence-electron chi connectivity index (χ1n) is 8.62. The molecule has 4 rings (SSSR count). The molecule has 2 aliphatic rings. The summed E-state index contributed by atoms with van der Waals surface area (Å²) >= 11 is 0. The molecule has 0 fully saturated rings. The second-order valence-electron chi connectivity index (χ2n) is 6.95. The number of nitrogens with zero attached hydrogens (tertiary/aromatic N) is 1. The van der Waals surface area contributed by atoms with E-state index in [4.69, 9.17) is 0 Å². The summed E-state index contributed by atoms with van der Waals surface area (Å²) in [5, 5.41) is 13.4. The molecule has 1 atom stereocenters. The van der Waals surface area contributed by atoms with Crippen molar-refractivity contribution in [2.75, 3.05) is 0 Å². The van der Waals surface area contributed by atoms with Crippen LogP contribution in [0, 0.1) is 11.3 Å². The van der Waals surface area contributed by atoms with E-state index in [2.05, 4.69) is 47.8 Å². The fourth-order valence-electron chi connectivity index (χ4n) is 4.04. The first-order valence-corrected chi connectivity index (χ1v) is 8.62. The van der Waals surface area contributed by atoms with Crippen molar-refractivity contribution in [3.05, 3.63) is 70.3 Å². The third-order valence-corrected chi connectivity index (χ3v) is 5.42. The smallest absolute Gasteiger partial charge is 0.111 e. The highest BCUT2D eigenvalue weighted by atomic mass is 15.0. The summed E-state index contributed by atoms with van der Waals surface area (Å²) in [5.74, 6) is 0. The van der Waals surface area contributed by atoms with Crippen LogP contribution in [0.4, 0.5) is 0 Å². The lowest BCUT2D eigenvalue weighted by Gasteiger charge is -2.34. The summed E-state index contributed by atoms with van der Waals surface area (Å²) in [4.78, 5) is 0. The van der Waals surface area contributed by atoms with Crippen LogP contribution in [-0.2, 0) is 32.2 Å². The topological polar surface area (TPSA) is 35.8 Å². The second-order valence-corrected chi connectivity index (χ2v) is 6.95. The van der Waals surface area contributed by atoms with Crippen molar-refractivity contribution in [3.8, 4) is 6.07 Å². The van der Waals surface area contributed by atoms with Crippen LogP contribution in [0.15, 0.2) is 42.5 Å². The number of benzene rings is 2. The van der Waals surface area contributed by atoms with E-state index >= 15 is 0 Å². The summed E-state index contributed by atoms with van der Waals surface area (Å²) < 4.78 is 0. The number of nitrogens with one attached hydrogen (secondary N) is 1. The maximum absolute atomic E-state index is 9.83. The van der Waals surface area contributed by atoms with Gasteiger partial charge < -0.3 is 0 Å². The summed E-state index contributed by atoms with van der Waals surface area (Å²) in [5.41, 5.74) is 6.74. The number of nitriles is 1. The van der Waals surface area contributed by atoms with Crippen LogP contribution in [0.1, 0.15) is 40.7 Å². The molecule has 2 aromatic carbocycles. The molecule has 0 saturated carbocycles. The molecule has 1 N–H and O–H groups in total. The van der Waals surface area contributed by atoms with Crippen LogP contribution in [0.25, 0.3) is 0 Å². The van der Waals surface area contributed by atoms with E-state index in [-0.39, 0.29) is 0 Å². The van der Waals surface area contributed by atoms with Gasteiger partial charge in [0, 0.05) is 13.0 Å². The van der Waals surface area contributed by atoms with Gasteiger partial charge in [-0.05, 0) is 59.9 Å². The molecule has 116 valence electrons. The Hall–Kier alpha value is -2.11. The quantitative estimate of drug-likeness (QED) is 0.938. The van der Waals surface area contributed by atoms with Crippen molar-refractivity contribution in [3.63, 3.8) is 0 Å². The van der Waals surface area contributed by atoms with E-state index in [9.17, 15) is 5.26 Å². The zero-order valence-corrected chi connectivity index (χ0v) is 13.4. The summed E-state index contributed by atoms with van der Waals surface area (Å²) in [6.07, 6.45) is 6.48. The Morgan fingerprint density at radius 3 is 2.39 bits per heavy atom. The summed E-state index contributed by atoms with van der Waals surface area (Å²) in [6, 6.07) is 17.7. The minimum atomic E-state index is -0.421. The highest BCUT2D eigenvalue weighted by molar-refractivity contribution is 5.44. The minimum absolute atomic E-state index is 0.421. The Bertz CT molecular complexity index is 757. The number of hydrogen-bond acceptors (Lipinski definition) is 2. The summed E-state index contributed by atoms with van der Waals surface area (Å²) in [7, 11) is 0. The molecule has 0 radical (unpaired) electrons. The predicted octanol–water partition coefficient (Wildman–Crippen LogP) is 3.72. The fraction of sp³-hybridized carbons (Fsp3) is 0.381. The van der Waals surface area contributed by atoms with E-state index in [0.717, 1.165) is 25.8 Å². The van der Waals surface area contributed by atoms with E-state index in [1.807, 2.05) is 6.07 Å². The predicted molar refractivity (Wildman–Crippen MR) is 92.1 cm³/mol. The molecular weight excluding hydrogens is 280 g/mol. The number of rotatable bonds is 3. The first-order chi connectivity index (χ1) is 11.3. The average Bonchev–Trinajstić information content (AvgIpc) is 3.06. The van der Waals surface area contributed by atoms with Gasteiger partial charge in [0.2, 0.25) is 0 Å². The van der Waals surface area contributed by atoms with E-state index in [0.29, 0.717) is 0 Å². The SMILES string of the molecule is N#CC1(NCc2ccccc2)CCc2cc3c(cc2C1)CCC3. The molecule has 1 unspecified atom stereocenters. The third kappa shape index (κ3) is 2.78. The first kappa shape index (κ1) is 14.5. The standard InChI is InChI=1S/C21H22N2/c22-15-21(23-14-16-5-2-1-3-6-16)10-9-19-11-17-7-4-8-18(17)12-20(19)13-21/h1-3,5-6,11-12,23H,4,7-10,13-14H2. The molecule has 0 spiro atoms. The third-order valence-electron chi connectivity index (χ3n) is 5.42. The zero-order chi connectivity index (χ0) is 15.7. The Balaban J connectivity index is 1.56. The number of hydrogen-bond donors (Lipinski definition) is 1. The molecule has 2 nitrogen and oxygen atoms in total. The maximum Gasteiger partial charge on any atom is 0.111 e. The molecule has 23 heavy (non-hydrogen) atoms. The Morgan fingerprint density at radius 1 is 0.957 bits per heavy atom. The van der Waals surface area contributed by atoms with Gasteiger partial charge in [-0.15, -0.1) is 0 Å². The molecule has 0 saturated heterocycles. The average molecular weight is 302 g/mol. The lowest BCUT2D eigenvalue weighted by molar-refractivity contribution is 0.364. The van der Waals surface area contributed by atoms with Crippen molar-refractivity contribution < 1.29 is 0 Å². The minimum Gasteiger partial charge on any atom is -0.295 e. The molecule has 0 heterocycles. The largest absolute Gasteiger partial charge is 0.295 e. The second kappa shape index (κ2) is 5.83. The summed E-state index contributed by atoms with van der Waals surface area (Å²) in [6.45, 7) is 0.759. The monoisotopic (exact) mass is 302 g/mol. The van der Waals surface area contributed by atoms with E-state index < -0.39 is 5.54 Å². The molecule has 2 heteroatoms. The van der Waals surface area contributed by atoms with Crippen LogP contribution < -0.4 is 5.32 Å². The lowest BCUT2D eigenvalue weighted by atomic mass is 9.77. The van der Waals surface area contributed by atoms with Gasteiger partial charge in [-0.1, -0.05) is 42.5 Å². The van der Waals surface area contributed by atoms with Gasteiger partial charge in [-0.25, -0.2) is 0 Å². The molecule has 2 aromatic rings. The van der Waals surface area contributed by atoms with Crippen molar-refractivity contribution in [2.45, 2.75) is 50.6 Å². The van der Waals surface area contributed by atoms with Gasteiger partial charge in [0.05, 0.1) is 6.07 Å². The van der Waals surface area contributed by atoms with Gasteiger partial charge in [-0.2, -0.15) is 5.26 Å². The Morgan fingerprint density at radius 2 is 1.65 bits per heavy atom. The molecular formula is C21H22N2. The molecule has 0 bridgehead atoms. The van der Waals surface area contributed by atoms with Crippen molar-refractivity contribution in [1.82, 2.24) is 5.32 Å². The molecule has 2 aliphatic carbocycles. The van der Waals surface area contributed by atoms with Gasteiger partial charge >= 0.3 is 0 Å². The van der Waals surface area contributed by atoms with Crippen LogP contribution in [0.3, 0.4) is 0 Å². The highest BCUT2D eigenvalue weighted by Gasteiger charge is 2.34. The number of fused-ring (bicyclic) bond motifs is 2. The van der Waals surface area contributed by atoms with Crippen molar-refractivity contribution in [1.29, 1.82) is 5.26 Å². The van der Waals surface area contributed by atoms with Gasteiger partial charge in [-0.3, -0.25) is 5.32 Å². The highest BCUT2D eigenvalue weighted by Crippen LogP contribution is 2.33. The van der Waals surface area contributed by atoms with Crippen LogP contribution >= 0.6 is 0 Å². The van der Waals surface area contributed by atoms with Crippen LogP contribution in [0.5, 0.6) is 0 Å². The molecule has 0 amide bonds. The molecule has 0 aromatic heterocycles. The fourth-order valence-corrected chi connectivity index (χ4v) is 4.04. The maximum atomic E-state index is 9.83. The normalized spacial score (nSPS) is 22.2. The van der Waals surface area contributed by atoms with Crippen LogP contribution in [0.2, 0.25) is 0 Å². The lowest BCUT2D eigenvalue weighted by Crippen LogP contribution is -2.48. The Kier molecular flexibility index (Phi) is 3.67. The van der Waals surface area contributed by atoms with E-state index in [1.165, 1.54) is 41.5 Å². The van der Waals surface area contributed by atoms with Gasteiger partial charge in [0.25, 0.3) is 0 Å². The zero-order valence-electron chi connectivity index (χ0n) is 13.4. The number of aryl methyl sites for hydroxylation is 3. The van der Waals surface area contributed by atoms with Gasteiger partial charge in [0.15, 0.2) is 0 Å².